The van der Waals surface area contributed by atoms with E-state index in [0.717, 1.165) is 18.2 Å². The second kappa shape index (κ2) is 12.6. The maximum Gasteiger partial charge on any atom is 0.435 e. The molecular weight excluding hydrogens is 602 g/mol. The molecule has 0 spiro atoms. The van der Waals surface area contributed by atoms with E-state index >= 15 is 0 Å². The first-order valence-corrected chi connectivity index (χ1v) is 13.1. The first-order chi connectivity index (χ1) is 20.6. The third kappa shape index (κ3) is 7.32. The maximum absolute atomic E-state index is 14.3. The minimum atomic E-state index is -5.19. The highest BCUT2D eigenvalue weighted by Gasteiger charge is 2.51. The normalized spacial score (nSPS) is 15.7. The van der Waals surface area contributed by atoms with Crippen LogP contribution in [0.3, 0.4) is 0 Å². The van der Waals surface area contributed by atoms with Crippen LogP contribution in [0.15, 0.2) is 60.1 Å². The fourth-order valence-corrected chi connectivity index (χ4v) is 4.89. The Balaban J connectivity index is 1.66. The lowest BCUT2D eigenvalue weighted by atomic mass is 9.97. The van der Waals surface area contributed by atoms with Crippen LogP contribution in [-0.4, -0.2) is 26.6 Å². The molecule has 234 valence electrons. The Morgan fingerprint density at radius 1 is 1.18 bits per heavy atom. The zero-order chi connectivity index (χ0) is 32.4. The van der Waals surface area contributed by atoms with Crippen LogP contribution >= 0.6 is 0 Å². The summed E-state index contributed by atoms with van der Waals surface area (Å²) in [5.41, 5.74) is 1.95. The van der Waals surface area contributed by atoms with Crippen molar-refractivity contribution in [3.05, 3.63) is 105 Å². The Morgan fingerprint density at radius 3 is 2.50 bits per heavy atom. The molecule has 3 aromatic rings. The number of hydrogen-bond donors (Lipinski definition) is 2. The van der Waals surface area contributed by atoms with Gasteiger partial charge in [0.25, 0.3) is 5.92 Å². The average Bonchev–Trinajstić information content (AvgIpc) is 3.45. The Labute approximate surface area is 245 Å². The quantitative estimate of drug-likeness (QED) is 0.175. The molecule has 1 aromatic carbocycles. The van der Waals surface area contributed by atoms with Crippen molar-refractivity contribution in [2.75, 3.05) is 0 Å². The first-order valence-electron chi connectivity index (χ1n) is 13.1. The number of alkyl halides is 5. The van der Waals surface area contributed by atoms with E-state index in [0.29, 0.717) is 16.3 Å². The van der Waals surface area contributed by atoms with Gasteiger partial charge >= 0.3 is 6.18 Å². The summed E-state index contributed by atoms with van der Waals surface area (Å²) in [6, 6.07) is 4.62. The molecule has 1 aliphatic carbocycles. The standard InChI is InChI=1S/C29H25F8N5O2/c1-15(27(38)44)20(32)6-2-4-17-5-3-9-39-25(17)21(12-16-10-18(30)13-19(31)11-16)40-23(43)14-42-22-7-8-28(33,34)24(22)26(41-42)29(35,36)37/h2-3,5-6,9-11,13,21H,4,7-8,12,14H2,1H3,(H2,38,44)(H,40,43)/b6-2-,20-15-/t21-/m0/s1. The molecule has 0 saturated heterocycles. The van der Waals surface area contributed by atoms with Crippen LogP contribution in [0.5, 0.6) is 0 Å². The monoisotopic (exact) mass is 627 g/mol. The van der Waals surface area contributed by atoms with E-state index in [9.17, 15) is 44.7 Å². The number of nitrogens with zero attached hydrogens (tertiary/aromatic N) is 3. The summed E-state index contributed by atoms with van der Waals surface area (Å²) < 4.78 is 112. The first kappa shape index (κ1) is 32.4. The van der Waals surface area contributed by atoms with Gasteiger partial charge in [0, 0.05) is 30.0 Å². The van der Waals surface area contributed by atoms with E-state index in [1.54, 1.807) is 6.07 Å². The molecule has 3 N–H and O–H groups in total. The smallest absolute Gasteiger partial charge is 0.366 e. The summed E-state index contributed by atoms with van der Waals surface area (Å²) in [5.74, 6) is -8.39. The number of hydrogen-bond acceptors (Lipinski definition) is 4. The van der Waals surface area contributed by atoms with Gasteiger partial charge in [0.2, 0.25) is 11.8 Å². The Bertz CT molecular complexity index is 1620. The SMILES string of the molecule is C/C(C(N)=O)=C(F)\C=C/Cc1cccnc1[C@H](Cc1cc(F)cc(F)c1)NC(=O)Cn1nc(C(F)(F)F)c2c1CCC2(F)F. The summed E-state index contributed by atoms with van der Waals surface area (Å²) in [5, 5.41) is 5.84. The minimum Gasteiger partial charge on any atom is -0.366 e. The van der Waals surface area contributed by atoms with E-state index in [1.807, 2.05) is 0 Å². The highest BCUT2D eigenvalue weighted by molar-refractivity contribution is 5.92. The molecule has 0 fully saturated rings. The fraction of sp³-hybridized carbons (Fsp3) is 0.310. The van der Waals surface area contributed by atoms with E-state index in [1.165, 1.54) is 25.3 Å². The molecule has 0 unspecified atom stereocenters. The number of pyridine rings is 1. The van der Waals surface area contributed by atoms with Gasteiger partial charge in [0.05, 0.1) is 17.3 Å². The molecule has 4 rings (SSSR count). The third-order valence-corrected chi connectivity index (χ3v) is 6.94. The maximum atomic E-state index is 14.3. The van der Waals surface area contributed by atoms with Crippen LogP contribution in [0.2, 0.25) is 0 Å². The predicted molar refractivity (Wildman–Crippen MR) is 140 cm³/mol. The summed E-state index contributed by atoms with van der Waals surface area (Å²) in [4.78, 5) is 28.6. The van der Waals surface area contributed by atoms with Gasteiger partial charge < -0.3 is 11.1 Å². The zero-order valence-corrected chi connectivity index (χ0v) is 23.0. The van der Waals surface area contributed by atoms with Gasteiger partial charge in [0.1, 0.15) is 24.0 Å². The molecule has 44 heavy (non-hydrogen) atoms. The molecule has 0 radical (unpaired) electrons. The third-order valence-electron chi connectivity index (χ3n) is 6.94. The summed E-state index contributed by atoms with van der Waals surface area (Å²) in [6.07, 6.45) is -3.06. The van der Waals surface area contributed by atoms with Crippen LogP contribution in [0.1, 0.15) is 53.2 Å². The van der Waals surface area contributed by atoms with Gasteiger partial charge in [-0.1, -0.05) is 12.1 Å². The fourth-order valence-electron chi connectivity index (χ4n) is 4.89. The van der Waals surface area contributed by atoms with E-state index in [2.05, 4.69) is 15.4 Å². The molecule has 1 aliphatic rings. The van der Waals surface area contributed by atoms with Crippen LogP contribution in [-0.2, 0) is 47.5 Å². The van der Waals surface area contributed by atoms with Crippen molar-refractivity contribution in [2.24, 2.45) is 5.73 Å². The summed E-state index contributed by atoms with van der Waals surface area (Å²) in [6.45, 7) is 0.321. The van der Waals surface area contributed by atoms with Crippen molar-refractivity contribution in [1.29, 1.82) is 0 Å². The minimum absolute atomic E-state index is 0.00318. The van der Waals surface area contributed by atoms with Crippen molar-refractivity contribution in [3.8, 4) is 0 Å². The van der Waals surface area contributed by atoms with Crippen LogP contribution in [0, 0.1) is 11.6 Å². The number of aromatic nitrogens is 3. The van der Waals surface area contributed by atoms with Gasteiger partial charge in [-0.3, -0.25) is 19.3 Å². The number of benzene rings is 1. The van der Waals surface area contributed by atoms with Crippen LogP contribution in [0.25, 0.3) is 0 Å². The number of carbonyl (C=O) groups excluding carboxylic acids is 2. The van der Waals surface area contributed by atoms with E-state index in [-0.39, 0.29) is 29.7 Å². The Morgan fingerprint density at radius 2 is 1.86 bits per heavy atom. The van der Waals surface area contributed by atoms with Gasteiger partial charge in [0.15, 0.2) is 5.69 Å². The molecular formula is C29H25F8N5O2. The van der Waals surface area contributed by atoms with Crippen molar-refractivity contribution < 1.29 is 44.7 Å². The second-order valence-corrected chi connectivity index (χ2v) is 10.1. The Hall–Kier alpha value is -4.56. The van der Waals surface area contributed by atoms with Crippen molar-refractivity contribution >= 4 is 11.8 Å². The molecule has 0 saturated carbocycles. The van der Waals surface area contributed by atoms with Crippen molar-refractivity contribution in [1.82, 2.24) is 20.1 Å². The lowest BCUT2D eigenvalue weighted by molar-refractivity contribution is -0.145. The van der Waals surface area contributed by atoms with Crippen LogP contribution in [0.4, 0.5) is 35.1 Å². The predicted octanol–water partition coefficient (Wildman–Crippen LogP) is 5.54. The molecule has 2 heterocycles. The average molecular weight is 628 g/mol. The lowest BCUT2D eigenvalue weighted by Gasteiger charge is -2.21. The Kier molecular flexibility index (Phi) is 9.25. The number of fused-ring (bicyclic) bond motifs is 1. The van der Waals surface area contributed by atoms with Crippen molar-refractivity contribution in [2.45, 2.75) is 57.3 Å². The number of amides is 2. The van der Waals surface area contributed by atoms with Gasteiger partial charge in [-0.2, -0.15) is 18.3 Å². The topological polar surface area (TPSA) is 103 Å². The van der Waals surface area contributed by atoms with E-state index in [4.69, 9.17) is 5.73 Å². The highest BCUT2D eigenvalue weighted by Crippen LogP contribution is 2.47. The number of primary amides is 1. The van der Waals surface area contributed by atoms with Gasteiger partial charge in [-0.15, -0.1) is 0 Å². The molecule has 2 aromatic heterocycles. The van der Waals surface area contributed by atoms with E-state index < -0.39 is 83.8 Å². The number of halogens is 8. The largest absolute Gasteiger partial charge is 0.435 e. The number of allylic oxidation sites excluding steroid dienone is 3. The number of rotatable bonds is 10. The molecule has 2 amide bonds. The highest BCUT2D eigenvalue weighted by atomic mass is 19.4. The summed E-state index contributed by atoms with van der Waals surface area (Å²) in [7, 11) is 0. The summed E-state index contributed by atoms with van der Waals surface area (Å²) >= 11 is 0. The molecule has 0 aliphatic heterocycles. The molecule has 0 bridgehead atoms. The molecule has 7 nitrogen and oxygen atoms in total. The lowest BCUT2D eigenvalue weighted by Crippen LogP contribution is -2.34. The number of nitrogens with one attached hydrogen (secondary N) is 1. The van der Waals surface area contributed by atoms with Crippen LogP contribution < -0.4 is 11.1 Å². The zero-order valence-electron chi connectivity index (χ0n) is 23.0. The van der Waals surface area contributed by atoms with Gasteiger partial charge in [-0.25, -0.2) is 22.0 Å². The second-order valence-electron chi connectivity index (χ2n) is 10.1. The molecule has 15 heteroatoms. The number of nitrogens with two attached hydrogens (primary N) is 1. The number of carbonyl (C=O) groups is 2. The molecule has 1 atom stereocenters. The van der Waals surface area contributed by atoms with Crippen molar-refractivity contribution in [3.63, 3.8) is 0 Å². The van der Waals surface area contributed by atoms with Gasteiger partial charge in [-0.05, 0) is 61.6 Å².